The first-order valence-electron chi connectivity index (χ1n) is 6.94. The summed E-state index contributed by atoms with van der Waals surface area (Å²) in [6.45, 7) is 0. The van der Waals surface area contributed by atoms with Crippen molar-refractivity contribution in [1.82, 2.24) is 0 Å². The van der Waals surface area contributed by atoms with Crippen molar-refractivity contribution in [1.29, 1.82) is 0 Å². The Morgan fingerprint density at radius 1 is 0.773 bits per heavy atom. The second kappa shape index (κ2) is 5.48. The van der Waals surface area contributed by atoms with Gasteiger partial charge in [0.2, 0.25) is 0 Å². The Balaban J connectivity index is 2.34. The van der Waals surface area contributed by atoms with Crippen LogP contribution in [0.1, 0.15) is 0 Å². The standard InChI is InChI=1S/C18H18N2O2/c1-21-16-9-13(15(20)10-17(16)22-2)18-12-6-4-3-5-11(12)7-8-14(18)19/h3-10H,19-20H2,1-2H3. The van der Waals surface area contributed by atoms with Crippen molar-refractivity contribution >= 4 is 22.1 Å². The minimum Gasteiger partial charge on any atom is -0.493 e. The van der Waals surface area contributed by atoms with Gasteiger partial charge >= 0.3 is 0 Å². The van der Waals surface area contributed by atoms with E-state index in [9.17, 15) is 0 Å². The first-order chi connectivity index (χ1) is 10.7. The van der Waals surface area contributed by atoms with Gasteiger partial charge in [-0.3, -0.25) is 0 Å². The average Bonchev–Trinajstić information content (AvgIpc) is 2.55. The van der Waals surface area contributed by atoms with E-state index in [0.717, 1.165) is 21.9 Å². The van der Waals surface area contributed by atoms with Crippen LogP contribution in [-0.2, 0) is 0 Å². The third kappa shape index (κ3) is 2.19. The Morgan fingerprint density at radius 3 is 2.18 bits per heavy atom. The van der Waals surface area contributed by atoms with Crippen LogP contribution < -0.4 is 20.9 Å². The van der Waals surface area contributed by atoms with E-state index >= 15 is 0 Å². The highest BCUT2D eigenvalue weighted by Gasteiger charge is 2.15. The summed E-state index contributed by atoms with van der Waals surface area (Å²) in [6, 6.07) is 15.6. The molecule has 0 aromatic heterocycles. The van der Waals surface area contributed by atoms with E-state index in [2.05, 4.69) is 6.07 Å². The summed E-state index contributed by atoms with van der Waals surface area (Å²) in [6.07, 6.45) is 0. The maximum atomic E-state index is 6.22. The molecule has 0 aliphatic rings. The number of ether oxygens (including phenoxy) is 2. The molecule has 0 atom stereocenters. The maximum Gasteiger partial charge on any atom is 0.162 e. The van der Waals surface area contributed by atoms with Crippen LogP contribution in [0.2, 0.25) is 0 Å². The van der Waals surface area contributed by atoms with Crippen LogP contribution in [0.15, 0.2) is 48.5 Å². The topological polar surface area (TPSA) is 70.5 Å². The van der Waals surface area contributed by atoms with E-state index < -0.39 is 0 Å². The van der Waals surface area contributed by atoms with Crippen LogP contribution in [0, 0.1) is 0 Å². The highest BCUT2D eigenvalue weighted by molar-refractivity contribution is 6.05. The number of fused-ring (bicyclic) bond motifs is 1. The fourth-order valence-corrected chi connectivity index (χ4v) is 2.70. The number of anilines is 2. The third-order valence-electron chi connectivity index (χ3n) is 3.79. The molecule has 4 heteroatoms. The molecule has 4 N–H and O–H groups in total. The number of rotatable bonds is 3. The molecule has 0 heterocycles. The van der Waals surface area contributed by atoms with Gasteiger partial charge in [0, 0.05) is 28.6 Å². The Bertz CT molecular complexity index is 844. The minimum atomic E-state index is 0.598. The molecule has 112 valence electrons. The first-order valence-corrected chi connectivity index (χ1v) is 6.94. The average molecular weight is 294 g/mol. The molecule has 0 saturated carbocycles. The molecule has 0 unspecified atom stereocenters. The van der Waals surface area contributed by atoms with Gasteiger partial charge in [-0.15, -0.1) is 0 Å². The molecule has 0 aliphatic carbocycles. The Kier molecular flexibility index (Phi) is 3.51. The summed E-state index contributed by atoms with van der Waals surface area (Å²) in [4.78, 5) is 0. The van der Waals surface area contributed by atoms with E-state index in [0.29, 0.717) is 22.9 Å². The molecule has 3 aromatic rings. The quantitative estimate of drug-likeness (QED) is 0.723. The molecule has 0 radical (unpaired) electrons. The van der Waals surface area contributed by atoms with Gasteiger partial charge in [-0.1, -0.05) is 30.3 Å². The summed E-state index contributed by atoms with van der Waals surface area (Å²) in [7, 11) is 3.19. The summed E-state index contributed by atoms with van der Waals surface area (Å²) in [5.41, 5.74) is 15.5. The van der Waals surface area contributed by atoms with Crippen molar-refractivity contribution in [3.05, 3.63) is 48.5 Å². The number of hydrogen-bond donors (Lipinski definition) is 2. The molecule has 0 saturated heterocycles. The molecular weight excluding hydrogens is 276 g/mol. The second-order valence-electron chi connectivity index (χ2n) is 5.05. The van der Waals surface area contributed by atoms with Gasteiger partial charge in [0.1, 0.15) is 0 Å². The lowest BCUT2D eigenvalue weighted by atomic mass is 9.95. The zero-order valence-corrected chi connectivity index (χ0v) is 12.6. The maximum absolute atomic E-state index is 6.22. The SMILES string of the molecule is COc1cc(N)c(-c2c(N)ccc3ccccc23)cc1OC. The Labute approximate surface area is 129 Å². The van der Waals surface area contributed by atoms with Crippen LogP contribution in [0.4, 0.5) is 11.4 Å². The molecule has 0 amide bonds. The zero-order chi connectivity index (χ0) is 15.7. The molecule has 0 aliphatic heterocycles. The number of methoxy groups -OCH3 is 2. The van der Waals surface area contributed by atoms with Gasteiger partial charge in [0.15, 0.2) is 11.5 Å². The molecule has 3 aromatic carbocycles. The van der Waals surface area contributed by atoms with Gasteiger partial charge in [-0.25, -0.2) is 0 Å². The van der Waals surface area contributed by atoms with E-state index in [1.165, 1.54) is 0 Å². The van der Waals surface area contributed by atoms with Gasteiger partial charge in [0.25, 0.3) is 0 Å². The van der Waals surface area contributed by atoms with Crippen molar-refractivity contribution in [2.45, 2.75) is 0 Å². The van der Waals surface area contributed by atoms with E-state index in [-0.39, 0.29) is 0 Å². The monoisotopic (exact) mass is 294 g/mol. The number of nitrogen functional groups attached to an aromatic ring is 2. The Hall–Kier alpha value is -2.88. The molecule has 4 nitrogen and oxygen atoms in total. The van der Waals surface area contributed by atoms with Gasteiger partial charge in [-0.2, -0.15) is 0 Å². The van der Waals surface area contributed by atoms with Gasteiger partial charge in [-0.05, 0) is 22.9 Å². The summed E-state index contributed by atoms with van der Waals surface area (Å²) in [5, 5.41) is 2.17. The van der Waals surface area contributed by atoms with Crippen molar-refractivity contribution < 1.29 is 9.47 Å². The fourth-order valence-electron chi connectivity index (χ4n) is 2.70. The lowest BCUT2D eigenvalue weighted by Crippen LogP contribution is -1.98. The van der Waals surface area contributed by atoms with E-state index in [1.807, 2.05) is 36.4 Å². The van der Waals surface area contributed by atoms with Crippen LogP contribution in [0.5, 0.6) is 11.5 Å². The van der Waals surface area contributed by atoms with Crippen molar-refractivity contribution in [3.8, 4) is 22.6 Å². The van der Waals surface area contributed by atoms with Crippen molar-refractivity contribution in [2.75, 3.05) is 25.7 Å². The molecule has 22 heavy (non-hydrogen) atoms. The van der Waals surface area contributed by atoms with Crippen molar-refractivity contribution in [3.63, 3.8) is 0 Å². The second-order valence-corrected chi connectivity index (χ2v) is 5.05. The Morgan fingerprint density at radius 2 is 1.45 bits per heavy atom. The molecule has 0 bridgehead atoms. The number of hydrogen-bond acceptors (Lipinski definition) is 4. The molecule has 0 spiro atoms. The van der Waals surface area contributed by atoms with E-state index in [1.54, 1.807) is 20.3 Å². The smallest absolute Gasteiger partial charge is 0.162 e. The predicted octanol–water partition coefficient (Wildman–Crippen LogP) is 3.69. The molecule has 0 fully saturated rings. The minimum absolute atomic E-state index is 0.598. The van der Waals surface area contributed by atoms with Crippen LogP contribution in [0.25, 0.3) is 21.9 Å². The summed E-state index contributed by atoms with van der Waals surface area (Å²) < 4.78 is 10.7. The zero-order valence-electron chi connectivity index (χ0n) is 12.6. The van der Waals surface area contributed by atoms with Gasteiger partial charge in [0.05, 0.1) is 14.2 Å². The normalized spacial score (nSPS) is 10.6. The van der Waals surface area contributed by atoms with Crippen LogP contribution in [-0.4, -0.2) is 14.2 Å². The van der Waals surface area contributed by atoms with Gasteiger partial charge < -0.3 is 20.9 Å². The first kappa shape index (κ1) is 14.1. The highest BCUT2D eigenvalue weighted by atomic mass is 16.5. The van der Waals surface area contributed by atoms with E-state index in [4.69, 9.17) is 20.9 Å². The van der Waals surface area contributed by atoms with Crippen LogP contribution >= 0.6 is 0 Å². The molecule has 3 rings (SSSR count). The lowest BCUT2D eigenvalue weighted by Gasteiger charge is -2.16. The number of nitrogens with two attached hydrogens (primary N) is 2. The number of benzene rings is 3. The molecular formula is C18H18N2O2. The van der Waals surface area contributed by atoms with Crippen molar-refractivity contribution in [2.24, 2.45) is 0 Å². The lowest BCUT2D eigenvalue weighted by molar-refractivity contribution is 0.355. The summed E-state index contributed by atoms with van der Waals surface area (Å²) in [5.74, 6) is 1.22. The summed E-state index contributed by atoms with van der Waals surface area (Å²) >= 11 is 0. The third-order valence-corrected chi connectivity index (χ3v) is 3.79. The fraction of sp³-hybridized carbons (Fsp3) is 0.111. The highest BCUT2D eigenvalue weighted by Crippen LogP contribution is 2.42. The largest absolute Gasteiger partial charge is 0.493 e. The predicted molar refractivity (Wildman–Crippen MR) is 91.3 cm³/mol. The van der Waals surface area contributed by atoms with Crippen LogP contribution in [0.3, 0.4) is 0 Å².